The fourth-order valence-electron chi connectivity index (χ4n) is 3.32. The second kappa shape index (κ2) is 8.02. The van der Waals surface area contributed by atoms with Gasteiger partial charge in [-0.3, -0.25) is 5.32 Å². The first-order chi connectivity index (χ1) is 13.3. The number of hydrogen-bond acceptors (Lipinski definition) is 2. The van der Waals surface area contributed by atoms with Gasteiger partial charge in [0.2, 0.25) is 0 Å². The molecule has 3 heteroatoms. The second-order valence-corrected chi connectivity index (χ2v) is 6.68. The molecule has 0 spiro atoms. The van der Waals surface area contributed by atoms with Crippen LogP contribution < -0.4 is 5.32 Å². The molecule has 0 aliphatic rings. The Balaban J connectivity index is 1.52. The van der Waals surface area contributed by atoms with E-state index in [0.29, 0.717) is 0 Å². The lowest BCUT2D eigenvalue weighted by molar-refractivity contribution is 0.558. The van der Waals surface area contributed by atoms with Crippen LogP contribution in [0.3, 0.4) is 0 Å². The molecule has 3 nitrogen and oxygen atoms in total. The lowest BCUT2D eigenvalue weighted by Gasteiger charge is -2.19. The third-order valence-electron chi connectivity index (χ3n) is 4.82. The van der Waals surface area contributed by atoms with E-state index in [1.165, 1.54) is 22.3 Å². The van der Waals surface area contributed by atoms with Gasteiger partial charge in [-0.15, -0.1) is 0 Å². The van der Waals surface area contributed by atoms with E-state index in [1.807, 2.05) is 31.6 Å². The van der Waals surface area contributed by atoms with Crippen LogP contribution in [0, 0.1) is 0 Å². The van der Waals surface area contributed by atoms with Crippen LogP contribution >= 0.6 is 0 Å². The summed E-state index contributed by atoms with van der Waals surface area (Å²) >= 11 is 0. The average molecular weight is 353 g/mol. The van der Waals surface area contributed by atoms with Crippen molar-refractivity contribution in [1.29, 1.82) is 0 Å². The molecule has 0 saturated carbocycles. The third-order valence-corrected chi connectivity index (χ3v) is 4.82. The molecule has 0 radical (unpaired) electrons. The van der Waals surface area contributed by atoms with Gasteiger partial charge in [0.1, 0.15) is 5.82 Å². The van der Waals surface area contributed by atoms with Gasteiger partial charge >= 0.3 is 0 Å². The first-order valence-corrected chi connectivity index (χ1v) is 9.21. The summed E-state index contributed by atoms with van der Waals surface area (Å²) in [5.74, 6) is 1.02. The molecular weight excluding hydrogens is 330 g/mol. The van der Waals surface area contributed by atoms with Crippen LogP contribution in [0.5, 0.6) is 0 Å². The Morgan fingerprint density at radius 3 is 2.07 bits per heavy atom. The first-order valence-electron chi connectivity index (χ1n) is 9.21. The topological polar surface area (TPSA) is 29.9 Å². The molecule has 1 aromatic heterocycles. The summed E-state index contributed by atoms with van der Waals surface area (Å²) in [6.07, 6.45) is 3.84. The second-order valence-electron chi connectivity index (χ2n) is 6.68. The fraction of sp³-hybridized carbons (Fsp3) is 0.125. The van der Waals surface area contributed by atoms with Crippen LogP contribution in [0.1, 0.15) is 23.0 Å². The van der Waals surface area contributed by atoms with Gasteiger partial charge < -0.3 is 4.57 Å². The number of hydrogen-bond donors (Lipinski definition) is 1. The molecule has 1 N–H and O–H groups in total. The van der Waals surface area contributed by atoms with Crippen LogP contribution in [0.15, 0.2) is 97.3 Å². The number of nitrogens with zero attached hydrogens (tertiary/aromatic N) is 2. The molecule has 4 rings (SSSR count). The maximum atomic E-state index is 4.56. The highest BCUT2D eigenvalue weighted by Gasteiger charge is 2.17. The SMILES string of the molecule is Cn1ccnc1[C@@H](NCc1ccc(-c2ccccc2)cc1)c1ccccc1. The molecule has 0 fully saturated rings. The highest BCUT2D eigenvalue weighted by Crippen LogP contribution is 2.22. The zero-order valence-electron chi connectivity index (χ0n) is 15.4. The van der Waals surface area contributed by atoms with Gasteiger partial charge in [-0.1, -0.05) is 84.9 Å². The average Bonchev–Trinajstić information content (AvgIpc) is 3.16. The van der Waals surface area contributed by atoms with Gasteiger partial charge in [-0.05, 0) is 22.3 Å². The molecule has 4 aromatic rings. The Kier molecular flexibility index (Phi) is 5.13. The molecule has 1 atom stereocenters. The van der Waals surface area contributed by atoms with Gasteiger partial charge in [0, 0.05) is 26.0 Å². The monoisotopic (exact) mass is 353 g/mol. The molecule has 0 aliphatic heterocycles. The van der Waals surface area contributed by atoms with E-state index in [2.05, 4.69) is 87.7 Å². The Hall–Kier alpha value is -3.17. The van der Waals surface area contributed by atoms with E-state index >= 15 is 0 Å². The van der Waals surface area contributed by atoms with Crippen molar-refractivity contribution in [2.75, 3.05) is 0 Å². The Labute approximate surface area is 160 Å². The molecular formula is C24H23N3. The maximum Gasteiger partial charge on any atom is 0.130 e. The molecule has 0 aliphatic carbocycles. The van der Waals surface area contributed by atoms with Gasteiger partial charge in [0.05, 0.1) is 6.04 Å². The van der Waals surface area contributed by atoms with Crippen LogP contribution in [0.2, 0.25) is 0 Å². The van der Waals surface area contributed by atoms with E-state index in [-0.39, 0.29) is 6.04 Å². The van der Waals surface area contributed by atoms with Crippen molar-refractivity contribution >= 4 is 0 Å². The molecule has 27 heavy (non-hydrogen) atoms. The van der Waals surface area contributed by atoms with E-state index in [0.717, 1.165) is 12.4 Å². The summed E-state index contributed by atoms with van der Waals surface area (Å²) in [4.78, 5) is 4.56. The lowest BCUT2D eigenvalue weighted by Crippen LogP contribution is -2.24. The molecule has 134 valence electrons. The third kappa shape index (κ3) is 3.99. The first kappa shape index (κ1) is 17.3. The van der Waals surface area contributed by atoms with Crippen molar-refractivity contribution in [2.45, 2.75) is 12.6 Å². The molecule has 0 saturated heterocycles. The fourth-order valence-corrected chi connectivity index (χ4v) is 3.32. The summed E-state index contributed by atoms with van der Waals surface area (Å²) in [5, 5.41) is 3.67. The van der Waals surface area contributed by atoms with E-state index in [9.17, 15) is 0 Å². The molecule has 0 bridgehead atoms. The van der Waals surface area contributed by atoms with E-state index in [4.69, 9.17) is 0 Å². The maximum absolute atomic E-state index is 4.56. The van der Waals surface area contributed by atoms with Crippen molar-refractivity contribution in [3.05, 3.63) is 114 Å². The van der Waals surface area contributed by atoms with Crippen molar-refractivity contribution in [2.24, 2.45) is 7.05 Å². The number of aryl methyl sites for hydroxylation is 1. The van der Waals surface area contributed by atoms with E-state index < -0.39 is 0 Å². The number of rotatable bonds is 6. The zero-order chi connectivity index (χ0) is 18.5. The molecule has 0 amide bonds. The minimum Gasteiger partial charge on any atom is -0.336 e. The van der Waals surface area contributed by atoms with Gasteiger partial charge in [0.15, 0.2) is 0 Å². The van der Waals surface area contributed by atoms with Crippen molar-refractivity contribution < 1.29 is 0 Å². The number of imidazole rings is 1. The highest BCUT2D eigenvalue weighted by atomic mass is 15.1. The van der Waals surface area contributed by atoms with Crippen LogP contribution in [0.4, 0.5) is 0 Å². The summed E-state index contributed by atoms with van der Waals surface area (Å²) in [6, 6.07) is 29.7. The quantitative estimate of drug-likeness (QED) is 0.530. The summed E-state index contributed by atoms with van der Waals surface area (Å²) in [5.41, 5.74) is 4.95. The van der Waals surface area contributed by atoms with Crippen LogP contribution in [-0.2, 0) is 13.6 Å². The Morgan fingerprint density at radius 2 is 1.44 bits per heavy atom. The molecule has 3 aromatic carbocycles. The van der Waals surface area contributed by atoms with Gasteiger partial charge in [-0.2, -0.15) is 0 Å². The predicted octanol–water partition coefficient (Wildman–Crippen LogP) is 4.97. The lowest BCUT2D eigenvalue weighted by atomic mass is 10.0. The van der Waals surface area contributed by atoms with Crippen molar-refractivity contribution in [1.82, 2.24) is 14.9 Å². The minimum atomic E-state index is 0.0556. The van der Waals surface area contributed by atoms with Crippen LogP contribution in [-0.4, -0.2) is 9.55 Å². The van der Waals surface area contributed by atoms with Crippen LogP contribution in [0.25, 0.3) is 11.1 Å². The number of benzene rings is 3. The van der Waals surface area contributed by atoms with Crippen molar-refractivity contribution in [3.8, 4) is 11.1 Å². The molecule has 1 heterocycles. The van der Waals surface area contributed by atoms with Gasteiger partial charge in [-0.25, -0.2) is 4.98 Å². The molecule has 0 unspecified atom stereocenters. The normalized spacial score (nSPS) is 12.0. The highest BCUT2D eigenvalue weighted by molar-refractivity contribution is 5.63. The minimum absolute atomic E-state index is 0.0556. The predicted molar refractivity (Wildman–Crippen MR) is 110 cm³/mol. The van der Waals surface area contributed by atoms with E-state index in [1.54, 1.807) is 0 Å². The standard InChI is InChI=1S/C24H23N3/c1-27-17-16-25-24(27)23(22-10-6-3-7-11-22)26-18-19-12-14-21(15-13-19)20-8-4-2-5-9-20/h2-17,23,26H,18H2,1H3/t23-/m0/s1. The summed E-state index contributed by atoms with van der Waals surface area (Å²) < 4.78 is 2.07. The largest absolute Gasteiger partial charge is 0.336 e. The number of nitrogens with one attached hydrogen (secondary N) is 1. The summed E-state index contributed by atoms with van der Waals surface area (Å²) in [6.45, 7) is 0.779. The Morgan fingerprint density at radius 1 is 0.815 bits per heavy atom. The van der Waals surface area contributed by atoms with Gasteiger partial charge in [0.25, 0.3) is 0 Å². The smallest absolute Gasteiger partial charge is 0.130 e. The number of aromatic nitrogens is 2. The summed E-state index contributed by atoms with van der Waals surface area (Å²) in [7, 11) is 2.04. The van der Waals surface area contributed by atoms with Crippen molar-refractivity contribution in [3.63, 3.8) is 0 Å². The Bertz CT molecular complexity index is 973. The zero-order valence-corrected chi connectivity index (χ0v) is 15.4.